The van der Waals surface area contributed by atoms with Gasteiger partial charge in [-0.2, -0.15) is 0 Å². The predicted octanol–water partition coefficient (Wildman–Crippen LogP) is 0.774. The first-order chi connectivity index (χ1) is 2.81. The van der Waals surface area contributed by atoms with E-state index in [4.69, 9.17) is 7.85 Å². The van der Waals surface area contributed by atoms with Crippen molar-refractivity contribution in [1.29, 1.82) is 0 Å². The topological polar surface area (TPSA) is 0 Å². The van der Waals surface area contributed by atoms with Crippen LogP contribution >= 0.6 is 8.75 Å². The zero-order valence-electron chi connectivity index (χ0n) is 5.40. The van der Waals surface area contributed by atoms with Gasteiger partial charge in [0.1, 0.15) is 0 Å². The van der Waals surface area contributed by atoms with Gasteiger partial charge in [-0.1, -0.05) is 11.5 Å². The third kappa shape index (κ3) is 6.28. The third-order valence-corrected chi connectivity index (χ3v) is 1.85. The molecule has 2 heteroatoms. The van der Waals surface area contributed by atoms with E-state index in [1.165, 1.54) is 0 Å². The summed E-state index contributed by atoms with van der Waals surface area (Å²) in [4.78, 5) is 0. The second-order valence-corrected chi connectivity index (χ2v) is 9.98. The lowest BCUT2D eigenvalue weighted by molar-refractivity contribution is 1.94. The summed E-state index contributed by atoms with van der Waals surface area (Å²) in [6.07, 6.45) is 6.41. The standard InChI is InChI=1S/C5H13BS/c1-7(2,3,4)5-6/h1,5H2,2-4H3. The molecule has 0 spiro atoms. The Kier molecular flexibility index (Phi) is 1.43. The third-order valence-electron chi connectivity index (χ3n) is 0.618. The summed E-state index contributed by atoms with van der Waals surface area (Å²) < 4.78 is 0. The van der Waals surface area contributed by atoms with Crippen LogP contribution in [0.2, 0.25) is 0 Å². The summed E-state index contributed by atoms with van der Waals surface area (Å²) in [5, 5.41) is 0. The van der Waals surface area contributed by atoms with Gasteiger partial charge in [-0.3, -0.25) is 8.75 Å². The van der Waals surface area contributed by atoms with E-state index in [0.717, 1.165) is 5.65 Å². The Morgan fingerprint density at radius 2 is 1.57 bits per heavy atom. The second kappa shape index (κ2) is 1.38. The zero-order chi connectivity index (χ0) is 6.15. The van der Waals surface area contributed by atoms with Crippen molar-refractivity contribution < 1.29 is 0 Å². The Labute approximate surface area is 47.6 Å². The molecule has 42 valence electrons. The second-order valence-electron chi connectivity index (χ2n) is 3.33. The van der Waals surface area contributed by atoms with Crippen molar-refractivity contribution in [2.75, 3.05) is 24.4 Å². The molecule has 0 heterocycles. The number of rotatable bonds is 1. The molecule has 0 aliphatic heterocycles. The van der Waals surface area contributed by atoms with E-state index in [1.807, 2.05) is 0 Å². The molecule has 0 aromatic rings. The van der Waals surface area contributed by atoms with E-state index in [-0.39, 0.29) is 0 Å². The Morgan fingerprint density at radius 1 is 1.43 bits per heavy atom. The van der Waals surface area contributed by atoms with Crippen molar-refractivity contribution in [1.82, 2.24) is 0 Å². The van der Waals surface area contributed by atoms with Crippen LogP contribution in [0.3, 0.4) is 0 Å². The van der Waals surface area contributed by atoms with Crippen LogP contribution in [0.5, 0.6) is 0 Å². The molecule has 2 radical (unpaired) electrons. The van der Waals surface area contributed by atoms with Crippen LogP contribution in [0, 0.1) is 0 Å². The minimum absolute atomic E-state index is 0.733. The molecule has 0 saturated carbocycles. The van der Waals surface area contributed by atoms with E-state index in [0.29, 0.717) is 0 Å². The minimum Gasteiger partial charge on any atom is -0.266 e. The maximum atomic E-state index is 5.43. The highest BCUT2D eigenvalue weighted by Gasteiger charge is 2.04. The van der Waals surface area contributed by atoms with Gasteiger partial charge < -0.3 is 0 Å². The predicted molar refractivity (Wildman–Crippen MR) is 43.1 cm³/mol. The van der Waals surface area contributed by atoms with Crippen LogP contribution in [0.4, 0.5) is 0 Å². The van der Waals surface area contributed by atoms with Crippen molar-refractivity contribution in [2.45, 2.75) is 0 Å². The molecule has 7 heavy (non-hydrogen) atoms. The molecule has 0 atom stereocenters. The molecule has 0 bridgehead atoms. The van der Waals surface area contributed by atoms with E-state index >= 15 is 0 Å². The minimum atomic E-state index is -1.34. The van der Waals surface area contributed by atoms with Gasteiger partial charge in [0.25, 0.3) is 0 Å². The summed E-state index contributed by atoms with van der Waals surface area (Å²) in [5.41, 5.74) is 0.733. The summed E-state index contributed by atoms with van der Waals surface area (Å²) in [6, 6.07) is 0. The first-order valence-electron chi connectivity index (χ1n) is 2.21. The Morgan fingerprint density at radius 3 is 1.57 bits per heavy atom. The maximum Gasteiger partial charge on any atom is 0.0772 e. The molecule has 0 unspecified atom stereocenters. The molecule has 0 aliphatic carbocycles. The SMILES string of the molecule is [B]CS(=C)(C)(C)C. The fourth-order valence-corrected chi connectivity index (χ4v) is 0. The molecule has 0 saturated heterocycles. The number of hydrogen-bond acceptors (Lipinski definition) is 0. The van der Waals surface area contributed by atoms with E-state index in [2.05, 4.69) is 24.6 Å². The van der Waals surface area contributed by atoms with E-state index < -0.39 is 8.75 Å². The Balaban J connectivity index is 4.14. The van der Waals surface area contributed by atoms with E-state index in [1.54, 1.807) is 0 Å². The fraction of sp³-hybridized carbons (Fsp3) is 0.800. The van der Waals surface area contributed by atoms with Gasteiger partial charge in [-0.25, -0.2) is 0 Å². The summed E-state index contributed by atoms with van der Waals surface area (Å²) in [6.45, 7) is 0. The maximum absolute atomic E-state index is 5.43. The number of hydrogen-bond donors (Lipinski definition) is 0. The summed E-state index contributed by atoms with van der Waals surface area (Å²) in [5.74, 6) is 4.00. The molecule has 0 amide bonds. The van der Waals surface area contributed by atoms with Crippen molar-refractivity contribution in [3.63, 3.8) is 0 Å². The van der Waals surface area contributed by atoms with Crippen LogP contribution in [0.1, 0.15) is 0 Å². The molecule has 0 N–H and O–H groups in total. The molecule has 0 nitrogen and oxygen atoms in total. The van der Waals surface area contributed by atoms with Crippen molar-refractivity contribution in [3.05, 3.63) is 0 Å². The lowest BCUT2D eigenvalue weighted by Crippen LogP contribution is -2.05. The van der Waals surface area contributed by atoms with Gasteiger partial charge in [-0.15, -0.1) is 0 Å². The molecule has 0 aromatic carbocycles. The van der Waals surface area contributed by atoms with Gasteiger partial charge in [0.2, 0.25) is 0 Å². The summed E-state index contributed by atoms with van der Waals surface area (Å²) in [7, 11) is 4.09. The average Bonchev–Trinajstić information content (AvgIpc) is 1.32. The van der Waals surface area contributed by atoms with E-state index in [9.17, 15) is 0 Å². The first kappa shape index (κ1) is 7.28. The van der Waals surface area contributed by atoms with Gasteiger partial charge in [0.15, 0.2) is 0 Å². The highest BCUT2D eigenvalue weighted by atomic mass is 32.3. The van der Waals surface area contributed by atoms with Crippen molar-refractivity contribution in [3.8, 4) is 0 Å². The first-order valence-corrected chi connectivity index (χ1v) is 5.81. The Bertz CT molecular complexity index is 109. The quantitative estimate of drug-likeness (QED) is 0.350. The monoisotopic (exact) mass is 116 g/mol. The zero-order valence-corrected chi connectivity index (χ0v) is 6.22. The average molecular weight is 116 g/mol. The highest BCUT2D eigenvalue weighted by molar-refractivity contribution is 8.45. The normalized spacial score (nSPS) is 17.9. The van der Waals surface area contributed by atoms with Crippen LogP contribution in [-0.4, -0.2) is 38.1 Å². The Hall–Kier alpha value is 0.285. The summed E-state index contributed by atoms with van der Waals surface area (Å²) >= 11 is 0. The van der Waals surface area contributed by atoms with Crippen molar-refractivity contribution >= 4 is 22.5 Å². The van der Waals surface area contributed by atoms with Crippen LogP contribution in [-0.2, 0) is 0 Å². The molecule has 0 rings (SSSR count). The lowest BCUT2D eigenvalue weighted by atomic mass is 10.2. The van der Waals surface area contributed by atoms with Gasteiger partial charge in [-0.05, 0) is 18.8 Å². The van der Waals surface area contributed by atoms with Gasteiger partial charge in [0, 0.05) is 0 Å². The van der Waals surface area contributed by atoms with Crippen molar-refractivity contribution in [2.24, 2.45) is 0 Å². The van der Waals surface area contributed by atoms with Crippen LogP contribution < -0.4 is 0 Å². The molecular weight excluding hydrogens is 103 g/mol. The van der Waals surface area contributed by atoms with Gasteiger partial charge >= 0.3 is 0 Å². The highest BCUT2D eigenvalue weighted by Crippen LogP contribution is 2.42. The smallest absolute Gasteiger partial charge is 0.0772 e. The van der Waals surface area contributed by atoms with Crippen LogP contribution in [0.15, 0.2) is 0 Å². The van der Waals surface area contributed by atoms with Crippen LogP contribution in [0.25, 0.3) is 0 Å². The molecule has 0 aliphatic rings. The molecule has 0 aromatic heterocycles. The molecule has 0 fully saturated rings. The largest absolute Gasteiger partial charge is 0.266 e. The molecular formula is C5H13BS. The van der Waals surface area contributed by atoms with Gasteiger partial charge in [0.05, 0.1) is 7.85 Å². The lowest BCUT2D eigenvalue weighted by Gasteiger charge is -2.33. The fourth-order valence-electron chi connectivity index (χ4n) is 0.